The number of carbonyl (C=O) groups is 1. The maximum atomic E-state index is 12.3. The first-order chi connectivity index (χ1) is 14.5. The minimum atomic E-state index is -2.61. The van der Waals surface area contributed by atoms with E-state index in [9.17, 15) is 13.6 Å². The molecule has 3 rings (SSSR count). The number of nitrogens with one attached hydrogen (secondary N) is 1. The predicted molar refractivity (Wildman–Crippen MR) is 106 cm³/mol. The second kappa shape index (κ2) is 10.3. The fourth-order valence-corrected chi connectivity index (χ4v) is 3.02. The Morgan fingerprint density at radius 2 is 2.20 bits per heavy atom. The van der Waals surface area contributed by atoms with Crippen molar-refractivity contribution >= 4 is 28.4 Å². The van der Waals surface area contributed by atoms with E-state index >= 15 is 0 Å². The van der Waals surface area contributed by atoms with Crippen LogP contribution < -0.4 is 10.1 Å². The molecule has 0 bridgehead atoms. The first-order valence-corrected chi connectivity index (χ1v) is 9.58. The maximum Gasteiger partial charge on any atom is 0.272 e. The molecule has 0 radical (unpaired) electrons. The number of alkyl halides is 2. The fourth-order valence-electron chi connectivity index (χ4n) is 2.78. The number of ether oxygens (including phenoxy) is 1. The van der Waals surface area contributed by atoms with Crippen molar-refractivity contribution in [1.29, 1.82) is 0 Å². The minimum Gasteiger partial charge on any atom is -0.471 e. The van der Waals surface area contributed by atoms with Gasteiger partial charge in [-0.2, -0.15) is 5.10 Å². The van der Waals surface area contributed by atoms with Crippen molar-refractivity contribution in [2.24, 2.45) is 0 Å². The molecule has 0 saturated carbocycles. The molecule has 1 amide bonds. The van der Waals surface area contributed by atoms with E-state index in [0.717, 1.165) is 5.39 Å². The van der Waals surface area contributed by atoms with Crippen LogP contribution in [0.25, 0.3) is 10.9 Å². The molecule has 8 nitrogen and oxygen atoms in total. The second-order valence-corrected chi connectivity index (χ2v) is 6.86. The minimum absolute atomic E-state index is 0.0130. The Bertz CT molecular complexity index is 1010. The van der Waals surface area contributed by atoms with Gasteiger partial charge in [-0.05, 0) is 24.1 Å². The largest absolute Gasteiger partial charge is 0.471 e. The fraction of sp³-hybridized carbons (Fsp3) is 0.368. The number of carbonyl (C=O) groups excluding carboxylic acids is 1. The smallest absolute Gasteiger partial charge is 0.272 e. The third-order valence-corrected chi connectivity index (χ3v) is 4.37. The zero-order chi connectivity index (χ0) is 21.5. The summed E-state index contributed by atoms with van der Waals surface area (Å²) in [6.45, 7) is -0.0347. The molecule has 0 aliphatic carbocycles. The van der Waals surface area contributed by atoms with Crippen LogP contribution in [0.15, 0.2) is 30.7 Å². The average molecular weight is 440 g/mol. The number of fused-ring (bicyclic) bond motifs is 1. The molecule has 0 aliphatic heterocycles. The van der Waals surface area contributed by atoms with E-state index in [4.69, 9.17) is 21.4 Å². The quantitative estimate of drug-likeness (QED) is 0.470. The molecule has 0 spiro atoms. The van der Waals surface area contributed by atoms with Gasteiger partial charge in [-0.1, -0.05) is 11.6 Å². The van der Waals surface area contributed by atoms with E-state index in [1.165, 1.54) is 6.20 Å². The number of amides is 1. The second-order valence-electron chi connectivity index (χ2n) is 6.45. The van der Waals surface area contributed by atoms with Crippen LogP contribution in [0.1, 0.15) is 17.7 Å². The first-order valence-electron chi connectivity index (χ1n) is 9.20. The zero-order valence-corrected chi connectivity index (χ0v) is 16.6. The predicted octanol–water partition coefficient (Wildman–Crippen LogP) is 2.21. The van der Waals surface area contributed by atoms with Gasteiger partial charge < -0.3 is 15.2 Å². The Morgan fingerprint density at radius 1 is 1.37 bits per heavy atom. The Morgan fingerprint density at radius 3 is 2.93 bits per heavy atom. The van der Waals surface area contributed by atoms with E-state index < -0.39 is 13.0 Å². The van der Waals surface area contributed by atoms with Crippen molar-refractivity contribution in [3.05, 3.63) is 47.0 Å². The molecule has 11 heteroatoms. The normalized spacial score (nSPS) is 11.2. The van der Waals surface area contributed by atoms with E-state index in [1.807, 2.05) is 0 Å². The lowest BCUT2D eigenvalue weighted by Crippen LogP contribution is -2.26. The van der Waals surface area contributed by atoms with Gasteiger partial charge in [0, 0.05) is 37.1 Å². The highest BCUT2D eigenvalue weighted by atomic mass is 35.5. The van der Waals surface area contributed by atoms with Crippen molar-refractivity contribution in [3.63, 3.8) is 0 Å². The lowest BCUT2D eigenvalue weighted by atomic mass is 10.2. The molecule has 3 aromatic rings. The lowest BCUT2D eigenvalue weighted by molar-refractivity contribution is -0.120. The molecule has 2 N–H and O–H groups in total. The number of pyridine rings is 2. The number of hydrogen-bond donors (Lipinski definition) is 2. The summed E-state index contributed by atoms with van der Waals surface area (Å²) in [6, 6.07) is 3.32. The number of halogens is 3. The van der Waals surface area contributed by atoms with Crippen LogP contribution in [-0.2, 0) is 17.8 Å². The molecule has 30 heavy (non-hydrogen) atoms. The summed E-state index contributed by atoms with van der Waals surface area (Å²) in [6.07, 6.45) is 2.81. The molecule has 0 atom stereocenters. The molecule has 0 fully saturated rings. The summed E-state index contributed by atoms with van der Waals surface area (Å²) in [5.41, 5.74) is 1.97. The van der Waals surface area contributed by atoms with Crippen LogP contribution in [0, 0.1) is 0 Å². The van der Waals surface area contributed by atoms with Gasteiger partial charge in [-0.3, -0.25) is 14.5 Å². The van der Waals surface area contributed by atoms with E-state index in [-0.39, 0.29) is 29.8 Å². The molecular formula is C19H20ClF2N5O3. The average Bonchev–Trinajstić information content (AvgIpc) is 3.11. The Labute approximate surface area is 175 Å². The van der Waals surface area contributed by atoms with Crippen molar-refractivity contribution < 1.29 is 23.4 Å². The highest BCUT2D eigenvalue weighted by molar-refractivity contribution is 6.31. The van der Waals surface area contributed by atoms with Crippen molar-refractivity contribution in [2.45, 2.75) is 25.8 Å². The molecule has 0 saturated heterocycles. The number of aromatic nitrogens is 4. The van der Waals surface area contributed by atoms with Gasteiger partial charge in [-0.25, -0.2) is 13.8 Å². The molecule has 0 aromatic carbocycles. The van der Waals surface area contributed by atoms with Crippen LogP contribution in [0.4, 0.5) is 8.78 Å². The number of aliphatic hydroxyl groups excluding tert-OH is 1. The molecule has 160 valence electrons. The van der Waals surface area contributed by atoms with Gasteiger partial charge in [0.1, 0.15) is 5.02 Å². The van der Waals surface area contributed by atoms with Gasteiger partial charge in [0.15, 0.2) is 6.61 Å². The van der Waals surface area contributed by atoms with Gasteiger partial charge in [0.05, 0.1) is 24.2 Å². The van der Waals surface area contributed by atoms with Gasteiger partial charge >= 0.3 is 0 Å². The Balaban J connectivity index is 1.71. The summed E-state index contributed by atoms with van der Waals surface area (Å²) in [5.74, 6) is -0.239. The summed E-state index contributed by atoms with van der Waals surface area (Å²) in [5, 5.41) is 16.9. The highest BCUT2D eigenvalue weighted by Gasteiger charge is 2.13. The Hall–Kier alpha value is -2.85. The third-order valence-electron chi connectivity index (χ3n) is 4.10. The summed E-state index contributed by atoms with van der Waals surface area (Å²) < 4.78 is 31.0. The van der Waals surface area contributed by atoms with Gasteiger partial charge in [-0.15, -0.1) is 0 Å². The van der Waals surface area contributed by atoms with E-state index in [1.54, 1.807) is 29.2 Å². The number of aliphatic hydroxyl groups is 1. The summed E-state index contributed by atoms with van der Waals surface area (Å²) in [4.78, 5) is 20.3. The first kappa shape index (κ1) is 21.8. The summed E-state index contributed by atoms with van der Waals surface area (Å²) in [7, 11) is 0. The van der Waals surface area contributed by atoms with Crippen LogP contribution in [0.5, 0.6) is 5.88 Å². The third kappa shape index (κ3) is 5.83. The standard InChI is InChI=1S/C19H20ClF2N5O3/c20-14-6-12(8-25-19(14)30-11-17(21)22)9-27-10-13-15(26-27)2-4-23-16(13)7-18(29)24-3-1-5-28/h2,4,6,8,10,17,28H,1,3,5,7,9,11H2,(H,24,29). The molecule has 3 heterocycles. The SMILES string of the molecule is O=C(Cc1nccc2nn(Cc3cnc(OCC(F)F)c(Cl)c3)cc12)NCCCO. The molecule has 3 aromatic heterocycles. The zero-order valence-electron chi connectivity index (χ0n) is 15.9. The van der Waals surface area contributed by atoms with Gasteiger partial charge in [0.2, 0.25) is 11.8 Å². The van der Waals surface area contributed by atoms with Crippen LogP contribution in [0.2, 0.25) is 5.02 Å². The molecule has 0 aliphatic rings. The highest BCUT2D eigenvalue weighted by Crippen LogP contribution is 2.24. The van der Waals surface area contributed by atoms with Crippen LogP contribution in [0.3, 0.4) is 0 Å². The summed E-state index contributed by atoms with van der Waals surface area (Å²) >= 11 is 6.06. The van der Waals surface area contributed by atoms with Crippen LogP contribution in [-0.4, -0.2) is 56.9 Å². The van der Waals surface area contributed by atoms with Crippen molar-refractivity contribution in [1.82, 2.24) is 25.1 Å². The maximum absolute atomic E-state index is 12.3. The number of nitrogens with zero attached hydrogens (tertiary/aromatic N) is 4. The lowest BCUT2D eigenvalue weighted by Gasteiger charge is -2.08. The number of hydrogen-bond acceptors (Lipinski definition) is 6. The topological polar surface area (TPSA) is 102 Å². The van der Waals surface area contributed by atoms with Crippen LogP contribution >= 0.6 is 11.6 Å². The molecular weight excluding hydrogens is 420 g/mol. The van der Waals surface area contributed by atoms with E-state index in [0.29, 0.717) is 36.3 Å². The number of rotatable bonds is 10. The van der Waals surface area contributed by atoms with Gasteiger partial charge in [0.25, 0.3) is 6.43 Å². The van der Waals surface area contributed by atoms with Crippen molar-refractivity contribution in [2.75, 3.05) is 19.8 Å². The Kier molecular flexibility index (Phi) is 7.47. The van der Waals surface area contributed by atoms with Crippen molar-refractivity contribution in [3.8, 4) is 5.88 Å². The van der Waals surface area contributed by atoms with E-state index in [2.05, 4.69) is 20.4 Å². The monoisotopic (exact) mass is 439 g/mol. The molecule has 0 unspecified atom stereocenters.